The number of nitro groups is 1. The van der Waals surface area contributed by atoms with E-state index < -0.39 is 4.92 Å². The number of nitrogens with zero attached hydrogens (tertiary/aromatic N) is 3. The number of nitrogens with two attached hydrogens (primary N) is 1. The van der Waals surface area contributed by atoms with Crippen molar-refractivity contribution in [1.82, 2.24) is 9.78 Å². The highest BCUT2D eigenvalue weighted by molar-refractivity contribution is 5.59. The first kappa shape index (κ1) is 12.9. The molecule has 0 amide bonds. The van der Waals surface area contributed by atoms with Crippen LogP contribution in [0.2, 0.25) is 0 Å². The summed E-state index contributed by atoms with van der Waals surface area (Å²) in [7, 11) is 0. The van der Waals surface area contributed by atoms with Crippen molar-refractivity contribution in [2.24, 2.45) is 0 Å². The van der Waals surface area contributed by atoms with Gasteiger partial charge >= 0.3 is 0 Å². The van der Waals surface area contributed by atoms with Crippen molar-refractivity contribution in [3.63, 3.8) is 0 Å². The van der Waals surface area contributed by atoms with Crippen molar-refractivity contribution in [1.29, 1.82) is 0 Å². The van der Waals surface area contributed by atoms with E-state index in [2.05, 4.69) is 5.10 Å². The lowest BCUT2D eigenvalue weighted by atomic mass is 10.2. The molecule has 19 heavy (non-hydrogen) atoms. The van der Waals surface area contributed by atoms with Gasteiger partial charge in [-0.05, 0) is 19.9 Å². The van der Waals surface area contributed by atoms with Gasteiger partial charge in [0.1, 0.15) is 0 Å². The van der Waals surface area contributed by atoms with Gasteiger partial charge in [0.25, 0.3) is 5.69 Å². The third-order valence-corrected chi connectivity index (χ3v) is 2.54. The van der Waals surface area contributed by atoms with Gasteiger partial charge in [0, 0.05) is 18.2 Å². The molecule has 0 atom stereocenters. The Kier molecular flexibility index (Phi) is 3.37. The maximum absolute atomic E-state index is 10.6. The summed E-state index contributed by atoms with van der Waals surface area (Å²) in [5.74, 6) is 0.906. The van der Waals surface area contributed by atoms with Crippen molar-refractivity contribution in [3.8, 4) is 11.5 Å². The second-order valence-electron chi connectivity index (χ2n) is 4.33. The van der Waals surface area contributed by atoms with Crippen molar-refractivity contribution in [3.05, 3.63) is 40.7 Å². The number of nitrogen functional groups attached to an aromatic ring is 1. The molecule has 7 nitrogen and oxygen atoms in total. The molecule has 0 aliphatic carbocycles. The van der Waals surface area contributed by atoms with Gasteiger partial charge in [0.05, 0.1) is 23.0 Å². The number of hydrogen-bond acceptors (Lipinski definition) is 5. The van der Waals surface area contributed by atoms with Crippen LogP contribution in [0.25, 0.3) is 0 Å². The molecule has 0 spiro atoms. The molecule has 0 aliphatic heterocycles. The summed E-state index contributed by atoms with van der Waals surface area (Å²) in [6.07, 6.45) is 3.31. The van der Waals surface area contributed by atoms with Crippen LogP contribution in [-0.2, 0) is 0 Å². The van der Waals surface area contributed by atoms with E-state index in [0.29, 0.717) is 11.5 Å². The molecule has 7 heteroatoms. The van der Waals surface area contributed by atoms with Gasteiger partial charge in [-0.2, -0.15) is 5.10 Å². The number of anilines is 1. The van der Waals surface area contributed by atoms with Gasteiger partial charge in [0.15, 0.2) is 11.5 Å². The summed E-state index contributed by atoms with van der Waals surface area (Å²) >= 11 is 0. The van der Waals surface area contributed by atoms with Crippen LogP contribution in [0.15, 0.2) is 30.6 Å². The Labute approximate surface area is 109 Å². The molecule has 0 radical (unpaired) electrons. The first-order valence-electron chi connectivity index (χ1n) is 5.73. The van der Waals surface area contributed by atoms with E-state index in [-0.39, 0.29) is 17.4 Å². The molecule has 0 saturated heterocycles. The molecule has 0 bridgehead atoms. The van der Waals surface area contributed by atoms with Gasteiger partial charge < -0.3 is 10.5 Å². The van der Waals surface area contributed by atoms with Gasteiger partial charge in [-0.15, -0.1) is 0 Å². The molecule has 2 rings (SSSR count). The average molecular weight is 262 g/mol. The largest absolute Gasteiger partial charge is 0.452 e. The Balaban J connectivity index is 2.20. The van der Waals surface area contributed by atoms with E-state index in [4.69, 9.17) is 10.5 Å². The lowest BCUT2D eigenvalue weighted by molar-refractivity contribution is -0.384. The Morgan fingerprint density at radius 2 is 2.21 bits per heavy atom. The lowest BCUT2D eigenvalue weighted by Gasteiger charge is -2.06. The fourth-order valence-electron chi connectivity index (χ4n) is 1.53. The summed E-state index contributed by atoms with van der Waals surface area (Å²) in [6, 6.07) is 4.31. The van der Waals surface area contributed by atoms with E-state index in [1.54, 1.807) is 17.1 Å². The molecule has 0 aliphatic rings. The average Bonchev–Trinajstić information content (AvgIpc) is 2.80. The highest BCUT2D eigenvalue weighted by Gasteiger charge is 2.11. The first-order valence-corrected chi connectivity index (χ1v) is 5.73. The number of ether oxygens (including phenoxy) is 1. The molecule has 2 N–H and O–H groups in total. The van der Waals surface area contributed by atoms with Crippen molar-refractivity contribution in [2.45, 2.75) is 19.9 Å². The minimum absolute atomic E-state index is 0.0669. The van der Waals surface area contributed by atoms with E-state index in [1.807, 2.05) is 13.8 Å². The van der Waals surface area contributed by atoms with Crippen molar-refractivity contribution in [2.75, 3.05) is 5.73 Å². The Morgan fingerprint density at radius 1 is 1.47 bits per heavy atom. The normalized spacial score (nSPS) is 10.7. The van der Waals surface area contributed by atoms with Crippen molar-refractivity contribution < 1.29 is 9.66 Å². The highest BCUT2D eigenvalue weighted by atomic mass is 16.6. The van der Waals surface area contributed by atoms with Crippen LogP contribution >= 0.6 is 0 Å². The third kappa shape index (κ3) is 2.82. The molecule has 1 aromatic carbocycles. The predicted molar refractivity (Wildman–Crippen MR) is 70.2 cm³/mol. The molecule has 0 fully saturated rings. The second-order valence-corrected chi connectivity index (χ2v) is 4.33. The number of hydrogen-bond donors (Lipinski definition) is 1. The van der Waals surface area contributed by atoms with Crippen LogP contribution in [0.1, 0.15) is 19.9 Å². The predicted octanol–water partition coefficient (Wildman–Crippen LogP) is 2.75. The molecular weight excluding hydrogens is 248 g/mol. The van der Waals surface area contributed by atoms with Crippen LogP contribution in [-0.4, -0.2) is 14.7 Å². The van der Waals surface area contributed by atoms with Crippen LogP contribution in [0.5, 0.6) is 11.5 Å². The quantitative estimate of drug-likeness (QED) is 0.519. The minimum Gasteiger partial charge on any atom is -0.452 e. The zero-order valence-corrected chi connectivity index (χ0v) is 10.6. The van der Waals surface area contributed by atoms with Gasteiger partial charge in [0.2, 0.25) is 0 Å². The summed E-state index contributed by atoms with van der Waals surface area (Å²) in [4.78, 5) is 10.1. The van der Waals surface area contributed by atoms with Crippen LogP contribution in [0.4, 0.5) is 11.4 Å². The zero-order chi connectivity index (χ0) is 14.0. The fourth-order valence-corrected chi connectivity index (χ4v) is 1.53. The second kappa shape index (κ2) is 4.97. The monoisotopic (exact) mass is 262 g/mol. The molecule has 0 unspecified atom stereocenters. The maximum atomic E-state index is 10.6. The summed E-state index contributed by atoms with van der Waals surface area (Å²) in [5, 5.41) is 14.7. The fraction of sp³-hybridized carbons (Fsp3) is 0.250. The number of non-ortho nitro benzene ring substituents is 1. The van der Waals surface area contributed by atoms with Gasteiger partial charge in [-0.3, -0.25) is 14.8 Å². The summed E-state index contributed by atoms with van der Waals surface area (Å²) in [5.41, 5.74) is 5.86. The Morgan fingerprint density at radius 3 is 2.74 bits per heavy atom. The van der Waals surface area contributed by atoms with E-state index in [9.17, 15) is 10.1 Å². The molecule has 1 heterocycles. The molecule has 0 saturated carbocycles. The van der Waals surface area contributed by atoms with Crippen LogP contribution in [0, 0.1) is 10.1 Å². The Bertz CT molecular complexity index is 607. The molecular formula is C12H14N4O3. The first-order chi connectivity index (χ1) is 8.97. The standard InChI is InChI=1S/C12H14N4O3/c1-8(2)15-7-10(6-14-15)19-12-4-3-9(16(17)18)5-11(12)13/h3-8H,13H2,1-2H3. The number of aromatic nitrogens is 2. The summed E-state index contributed by atoms with van der Waals surface area (Å²) < 4.78 is 7.29. The maximum Gasteiger partial charge on any atom is 0.271 e. The number of nitro benzene ring substituents is 1. The number of rotatable bonds is 4. The zero-order valence-electron chi connectivity index (χ0n) is 10.6. The topological polar surface area (TPSA) is 96.2 Å². The van der Waals surface area contributed by atoms with Crippen LogP contribution < -0.4 is 10.5 Å². The van der Waals surface area contributed by atoms with Crippen molar-refractivity contribution >= 4 is 11.4 Å². The SMILES string of the molecule is CC(C)n1cc(Oc2ccc([N+](=O)[O-])cc2N)cn1. The molecule has 1 aromatic heterocycles. The van der Waals surface area contributed by atoms with E-state index in [1.165, 1.54) is 18.2 Å². The molecule has 100 valence electrons. The molecule has 2 aromatic rings. The highest BCUT2D eigenvalue weighted by Crippen LogP contribution is 2.30. The number of benzene rings is 1. The summed E-state index contributed by atoms with van der Waals surface area (Å²) in [6.45, 7) is 3.99. The third-order valence-electron chi connectivity index (χ3n) is 2.54. The lowest BCUT2D eigenvalue weighted by Crippen LogP contribution is -1.99. The van der Waals surface area contributed by atoms with Gasteiger partial charge in [-0.25, -0.2) is 0 Å². The van der Waals surface area contributed by atoms with Crippen LogP contribution in [0.3, 0.4) is 0 Å². The van der Waals surface area contributed by atoms with E-state index >= 15 is 0 Å². The smallest absolute Gasteiger partial charge is 0.271 e. The van der Waals surface area contributed by atoms with Gasteiger partial charge in [-0.1, -0.05) is 0 Å². The Hall–Kier alpha value is -2.57. The van der Waals surface area contributed by atoms with E-state index in [0.717, 1.165) is 0 Å². The minimum atomic E-state index is -0.503.